The van der Waals surface area contributed by atoms with E-state index in [1.54, 1.807) is 0 Å². The van der Waals surface area contributed by atoms with Crippen molar-refractivity contribution in [3.63, 3.8) is 0 Å². The second kappa shape index (κ2) is 6.63. The van der Waals surface area contributed by atoms with Gasteiger partial charge < -0.3 is 20.1 Å². The molecule has 0 heterocycles. The smallest absolute Gasteiger partial charge is 0.744 e. The summed E-state index contributed by atoms with van der Waals surface area (Å²) in [6.07, 6.45) is 0. The van der Waals surface area contributed by atoms with Crippen LogP contribution in [0.4, 0.5) is 5.69 Å². The number of anilines is 1. The summed E-state index contributed by atoms with van der Waals surface area (Å²) in [5.74, 6) is -0.963. The van der Waals surface area contributed by atoms with Crippen LogP contribution in [0.3, 0.4) is 0 Å². The zero-order valence-corrected chi connectivity index (χ0v) is 13.9. The van der Waals surface area contributed by atoms with Gasteiger partial charge in [-0.15, -0.1) is 0 Å². The van der Waals surface area contributed by atoms with Crippen molar-refractivity contribution in [2.24, 2.45) is 0 Å². The minimum atomic E-state index is -4.54. The molecule has 0 aliphatic heterocycles. The van der Waals surface area contributed by atoms with Gasteiger partial charge in [-0.2, -0.15) is 0 Å². The first-order valence-corrected chi connectivity index (χ1v) is 6.82. The van der Waals surface area contributed by atoms with Gasteiger partial charge in [0.25, 0.3) is 0 Å². The van der Waals surface area contributed by atoms with Crippen LogP contribution < -0.4 is 40.0 Å². The Morgan fingerprint density at radius 2 is 1.95 bits per heavy atom. The van der Waals surface area contributed by atoms with Crippen molar-refractivity contribution in [3.8, 4) is 5.75 Å². The summed E-state index contributed by atoms with van der Waals surface area (Å²) in [7, 11) is -4.54. The first kappa shape index (κ1) is 17.7. The number of nitrogens with two attached hydrogens (primary N) is 1. The summed E-state index contributed by atoms with van der Waals surface area (Å²) < 4.78 is 37.8. The quantitative estimate of drug-likeness (QED) is 0.371. The number of hydrogen-bond donors (Lipinski definition) is 2. The molecule has 0 atom stereocenters. The largest absolute Gasteiger partial charge is 1.00 e. The van der Waals surface area contributed by atoms with Crippen LogP contribution in [-0.2, 0) is 14.9 Å². The number of carboxylic acid groups (broad SMARTS) is 1. The first-order valence-electron chi connectivity index (χ1n) is 5.42. The van der Waals surface area contributed by atoms with Crippen LogP contribution in [-0.4, -0.2) is 30.7 Å². The Bertz CT molecular complexity index is 790. The number of rotatable bonds is 4. The van der Waals surface area contributed by atoms with Gasteiger partial charge in [-0.3, -0.25) is 0 Å². The normalized spacial score (nSPS) is 10.9. The minimum absolute atomic E-state index is 0. The summed E-state index contributed by atoms with van der Waals surface area (Å²) in [6, 6.07) is 6.64. The van der Waals surface area contributed by atoms with E-state index in [2.05, 4.69) is 0 Å². The van der Waals surface area contributed by atoms with E-state index in [4.69, 9.17) is 15.6 Å². The topological polar surface area (TPSA) is 130 Å². The molecule has 0 amide bonds. The zero-order chi connectivity index (χ0) is 14.9. The molecule has 0 fully saturated rings. The van der Waals surface area contributed by atoms with Crippen molar-refractivity contribution in [1.82, 2.24) is 0 Å². The molecule has 0 saturated heterocycles. The molecule has 0 aliphatic rings. The van der Waals surface area contributed by atoms with E-state index >= 15 is 0 Å². The molecular weight excluding hydrogens is 309 g/mol. The maximum absolute atomic E-state index is 10.9. The molecular formula is C12H10NNaO6S. The van der Waals surface area contributed by atoms with Gasteiger partial charge in [-0.05, 0) is 23.6 Å². The fourth-order valence-corrected chi connectivity index (χ4v) is 2.24. The molecule has 2 aromatic rings. The Labute approximate surface area is 142 Å². The fraction of sp³-hybridized carbons (Fsp3) is 0.0833. The van der Waals surface area contributed by atoms with E-state index in [-0.39, 0.29) is 45.9 Å². The van der Waals surface area contributed by atoms with E-state index < -0.39 is 22.7 Å². The van der Waals surface area contributed by atoms with E-state index in [0.717, 1.165) is 6.07 Å². The summed E-state index contributed by atoms with van der Waals surface area (Å²) in [5.41, 5.74) is 6.00. The molecule has 9 heteroatoms. The van der Waals surface area contributed by atoms with Crippen LogP contribution >= 0.6 is 0 Å². The molecule has 0 bridgehead atoms. The molecule has 106 valence electrons. The van der Waals surface area contributed by atoms with Crippen LogP contribution in [0.25, 0.3) is 10.8 Å². The second-order valence-corrected chi connectivity index (χ2v) is 5.38. The van der Waals surface area contributed by atoms with E-state index in [0.29, 0.717) is 10.8 Å². The van der Waals surface area contributed by atoms with Crippen molar-refractivity contribution < 1.29 is 57.2 Å². The van der Waals surface area contributed by atoms with Crippen LogP contribution in [0.15, 0.2) is 35.2 Å². The Hall–Kier alpha value is -1.32. The summed E-state index contributed by atoms with van der Waals surface area (Å²) >= 11 is 0. The zero-order valence-electron chi connectivity index (χ0n) is 11.1. The van der Waals surface area contributed by atoms with Crippen LogP contribution in [0.5, 0.6) is 5.75 Å². The van der Waals surface area contributed by atoms with Crippen LogP contribution in [0.2, 0.25) is 0 Å². The van der Waals surface area contributed by atoms with Gasteiger partial charge in [0.1, 0.15) is 15.9 Å². The SMILES string of the molecule is Nc1c(OCC(=O)O)ccc2cc(S(=O)(=O)[O-])ccc12.[Na+]. The second-order valence-electron chi connectivity index (χ2n) is 4.00. The average Bonchev–Trinajstić information content (AvgIpc) is 2.36. The molecule has 0 saturated carbocycles. The van der Waals surface area contributed by atoms with E-state index in [1.807, 2.05) is 0 Å². The minimum Gasteiger partial charge on any atom is -0.744 e. The monoisotopic (exact) mass is 319 g/mol. The molecule has 2 rings (SSSR count). The van der Waals surface area contributed by atoms with Crippen LogP contribution in [0, 0.1) is 0 Å². The number of fused-ring (bicyclic) bond motifs is 1. The number of benzene rings is 2. The third-order valence-electron chi connectivity index (χ3n) is 2.63. The predicted octanol–water partition coefficient (Wildman–Crippen LogP) is -2.21. The Morgan fingerprint density at radius 3 is 2.52 bits per heavy atom. The van der Waals surface area contributed by atoms with Crippen molar-refractivity contribution in [2.45, 2.75) is 4.90 Å². The van der Waals surface area contributed by atoms with Gasteiger partial charge in [-0.25, -0.2) is 13.2 Å². The van der Waals surface area contributed by atoms with Gasteiger partial charge in [0.15, 0.2) is 6.61 Å². The Morgan fingerprint density at radius 1 is 1.29 bits per heavy atom. The average molecular weight is 319 g/mol. The molecule has 0 spiro atoms. The molecule has 2 aromatic carbocycles. The molecule has 0 aliphatic carbocycles. The van der Waals surface area contributed by atoms with E-state index in [9.17, 15) is 17.8 Å². The third-order valence-corrected chi connectivity index (χ3v) is 3.46. The number of nitrogen functional groups attached to an aromatic ring is 1. The summed E-state index contributed by atoms with van der Waals surface area (Å²) in [6.45, 7) is -0.539. The third kappa shape index (κ3) is 4.08. The van der Waals surface area contributed by atoms with Gasteiger partial charge in [0, 0.05) is 5.39 Å². The van der Waals surface area contributed by atoms with Crippen molar-refractivity contribution in [3.05, 3.63) is 30.3 Å². The molecule has 0 unspecified atom stereocenters. The number of ether oxygens (including phenoxy) is 1. The Kier molecular flexibility index (Phi) is 5.60. The Balaban J connectivity index is 0.00000220. The number of carbonyl (C=O) groups is 1. The van der Waals surface area contributed by atoms with Gasteiger partial charge in [0.05, 0.1) is 10.6 Å². The number of aliphatic carboxylic acids is 1. The fourth-order valence-electron chi connectivity index (χ4n) is 1.73. The maximum Gasteiger partial charge on any atom is 1.00 e. The van der Waals surface area contributed by atoms with Crippen molar-refractivity contribution >= 4 is 32.5 Å². The summed E-state index contributed by atoms with van der Waals surface area (Å²) in [5, 5.41) is 9.46. The molecule has 3 N–H and O–H groups in total. The van der Waals surface area contributed by atoms with Crippen molar-refractivity contribution in [1.29, 1.82) is 0 Å². The maximum atomic E-state index is 10.9. The summed E-state index contributed by atoms with van der Waals surface area (Å²) in [4.78, 5) is 10.1. The number of hydrogen-bond acceptors (Lipinski definition) is 6. The van der Waals surface area contributed by atoms with Gasteiger partial charge >= 0.3 is 35.5 Å². The standard InChI is InChI=1S/C12H11NO6S.Na/c13-12-9-3-2-8(20(16,17)18)5-7(9)1-4-10(12)19-6-11(14)15;/h1-5H,6,13H2,(H,14,15)(H,16,17,18);/q;+1/p-1. The molecule has 7 nitrogen and oxygen atoms in total. The predicted molar refractivity (Wildman–Crippen MR) is 69.5 cm³/mol. The van der Waals surface area contributed by atoms with Crippen molar-refractivity contribution in [2.75, 3.05) is 12.3 Å². The van der Waals surface area contributed by atoms with Crippen LogP contribution in [0.1, 0.15) is 0 Å². The molecule has 0 radical (unpaired) electrons. The van der Waals surface area contributed by atoms with E-state index in [1.165, 1.54) is 24.3 Å². The number of carboxylic acids is 1. The first-order chi connectivity index (χ1) is 9.29. The molecule has 0 aromatic heterocycles. The molecule has 21 heavy (non-hydrogen) atoms. The van der Waals surface area contributed by atoms with Gasteiger partial charge in [-0.1, -0.05) is 12.1 Å². The van der Waals surface area contributed by atoms with Gasteiger partial charge in [0.2, 0.25) is 0 Å².